The van der Waals surface area contributed by atoms with Gasteiger partial charge in [0.15, 0.2) is 11.5 Å². The second-order valence-electron chi connectivity index (χ2n) is 9.17. The second-order valence-corrected chi connectivity index (χ2v) is 9.17. The van der Waals surface area contributed by atoms with Gasteiger partial charge in [0.2, 0.25) is 12.7 Å². The minimum atomic E-state index is -0.335. The molecule has 9 heteroatoms. The zero-order valence-electron chi connectivity index (χ0n) is 19.6. The van der Waals surface area contributed by atoms with Gasteiger partial charge in [0.1, 0.15) is 12.1 Å². The Balaban J connectivity index is 1.30. The van der Waals surface area contributed by atoms with E-state index in [1.807, 2.05) is 50.2 Å². The average Bonchev–Trinajstić information content (AvgIpc) is 3.42. The number of amides is 1. The maximum Gasteiger partial charge on any atom is 0.293 e. The molecule has 178 valence electrons. The summed E-state index contributed by atoms with van der Waals surface area (Å²) in [5, 5.41) is 12.8. The molecule has 1 aliphatic heterocycles. The quantitative estimate of drug-likeness (QED) is 0.464. The molecule has 0 spiro atoms. The van der Waals surface area contributed by atoms with E-state index in [-0.39, 0.29) is 24.8 Å². The molecule has 0 radical (unpaired) electrons. The van der Waals surface area contributed by atoms with Gasteiger partial charge in [-0.3, -0.25) is 9.59 Å². The molecule has 1 saturated carbocycles. The summed E-state index contributed by atoms with van der Waals surface area (Å²) in [6.07, 6.45) is 3.76. The van der Waals surface area contributed by atoms with Gasteiger partial charge in [-0.05, 0) is 67.6 Å². The van der Waals surface area contributed by atoms with Crippen molar-refractivity contribution in [2.75, 3.05) is 6.79 Å². The molecule has 2 aliphatic rings. The lowest BCUT2D eigenvalue weighted by molar-refractivity contribution is -0.122. The molecule has 1 N–H and O–H groups in total. The fourth-order valence-corrected chi connectivity index (χ4v) is 4.36. The first kappa shape index (κ1) is 21.4. The van der Waals surface area contributed by atoms with Crippen LogP contribution in [0.15, 0.2) is 47.4 Å². The minimum absolute atomic E-state index is 0.169. The van der Waals surface area contributed by atoms with Crippen LogP contribution < -0.4 is 20.3 Å². The highest BCUT2D eigenvalue weighted by molar-refractivity contribution is 5.83. The molecule has 2 aromatic heterocycles. The van der Waals surface area contributed by atoms with Crippen LogP contribution in [0.5, 0.6) is 11.5 Å². The molecule has 9 nitrogen and oxygen atoms in total. The molecule has 0 saturated heterocycles. The minimum Gasteiger partial charge on any atom is -0.454 e. The predicted octanol–water partition coefficient (Wildman–Crippen LogP) is 3.12. The largest absolute Gasteiger partial charge is 0.454 e. The van der Waals surface area contributed by atoms with Gasteiger partial charge in [-0.15, -0.1) is 0 Å². The third-order valence-electron chi connectivity index (χ3n) is 6.63. The highest BCUT2D eigenvalue weighted by Crippen LogP contribution is 2.41. The van der Waals surface area contributed by atoms with Crippen molar-refractivity contribution in [3.8, 4) is 17.2 Å². The van der Waals surface area contributed by atoms with Gasteiger partial charge in [-0.2, -0.15) is 10.2 Å². The number of carbonyl (C=O) groups excluding carboxylic acids is 1. The Kier molecular flexibility index (Phi) is 5.05. The van der Waals surface area contributed by atoms with Crippen molar-refractivity contribution in [3.63, 3.8) is 0 Å². The van der Waals surface area contributed by atoms with Crippen LogP contribution in [0.1, 0.15) is 41.1 Å². The molecule has 3 heterocycles. The highest BCUT2D eigenvalue weighted by Gasteiger charge is 2.30. The second kappa shape index (κ2) is 8.26. The molecule has 1 aliphatic carbocycles. The van der Waals surface area contributed by atoms with Crippen molar-refractivity contribution in [2.24, 2.45) is 0 Å². The van der Waals surface area contributed by atoms with Crippen molar-refractivity contribution < 1.29 is 14.3 Å². The van der Waals surface area contributed by atoms with Gasteiger partial charge >= 0.3 is 0 Å². The van der Waals surface area contributed by atoms with E-state index in [0.717, 1.165) is 40.7 Å². The lowest BCUT2D eigenvalue weighted by Gasteiger charge is -2.11. The molecule has 35 heavy (non-hydrogen) atoms. The predicted molar refractivity (Wildman–Crippen MR) is 129 cm³/mol. The lowest BCUT2D eigenvalue weighted by Crippen LogP contribution is -2.34. The smallest absolute Gasteiger partial charge is 0.293 e. The van der Waals surface area contributed by atoms with E-state index in [2.05, 4.69) is 15.5 Å². The Hall–Kier alpha value is -4.14. The van der Waals surface area contributed by atoms with Crippen molar-refractivity contribution >= 4 is 16.8 Å². The van der Waals surface area contributed by atoms with Gasteiger partial charge in [0, 0.05) is 17.8 Å². The molecular formula is C26H25N5O4. The topological polar surface area (TPSA) is 100 Å². The number of fused-ring (bicyclic) bond motifs is 2. The van der Waals surface area contributed by atoms with E-state index in [0.29, 0.717) is 29.5 Å². The molecular weight excluding hydrogens is 446 g/mol. The Bertz CT molecular complexity index is 1530. The number of benzene rings is 2. The van der Waals surface area contributed by atoms with Gasteiger partial charge in [-0.1, -0.05) is 12.1 Å². The van der Waals surface area contributed by atoms with Crippen molar-refractivity contribution in [1.29, 1.82) is 0 Å². The zero-order valence-corrected chi connectivity index (χ0v) is 19.6. The number of aromatic nitrogens is 4. The number of ether oxygens (including phenoxy) is 2. The summed E-state index contributed by atoms with van der Waals surface area (Å²) < 4.78 is 13.7. The summed E-state index contributed by atoms with van der Waals surface area (Å²) in [5.74, 6) is 1.35. The molecule has 6 rings (SSSR count). The summed E-state index contributed by atoms with van der Waals surface area (Å²) >= 11 is 0. The number of hydrogen-bond acceptors (Lipinski definition) is 6. The van der Waals surface area contributed by atoms with E-state index in [9.17, 15) is 9.59 Å². The maximum absolute atomic E-state index is 13.5. The first-order valence-electron chi connectivity index (χ1n) is 11.7. The molecule has 4 aromatic rings. The SMILES string of the molecule is Cc1ccc(-n2ncc3c(C4CC4)nn(CC(=O)NCc4ccc5c(c4)OCO5)c(=O)c32)cc1C. The van der Waals surface area contributed by atoms with Crippen molar-refractivity contribution in [2.45, 2.75) is 45.7 Å². The van der Waals surface area contributed by atoms with E-state index in [4.69, 9.17) is 9.47 Å². The van der Waals surface area contributed by atoms with Gasteiger partial charge in [0.25, 0.3) is 5.56 Å². The summed E-state index contributed by atoms with van der Waals surface area (Å²) in [5.41, 5.74) is 4.93. The Labute approximate surface area is 201 Å². The molecule has 1 amide bonds. The number of nitrogens with one attached hydrogen (secondary N) is 1. The average molecular weight is 472 g/mol. The number of carbonyl (C=O) groups is 1. The number of rotatable bonds is 6. The molecule has 0 bridgehead atoms. The van der Waals surface area contributed by atoms with Crippen LogP contribution in [0.4, 0.5) is 0 Å². The first-order valence-corrected chi connectivity index (χ1v) is 11.7. The normalized spacial score (nSPS) is 14.5. The maximum atomic E-state index is 13.5. The fourth-order valence-electron chi connectivity index (χ4n) is 4.36. The molecule has 0 atom stereocenters. The van der Waals surface area contributed by atoms with Gasteiger partial charge in [0.05, 0.1) is 17.6 Å². The summed E-state index contributed by atoms with van der Waals surface area (Å²) in [6, 6.07) is 11.5. The lowest BCUT2D eigenvalue weighted by atomic mass is 10.1. The van der Waals surface area contributed by atoms with Crippen LogP contribution in [0.2, 0.25) is 0 Å². The standard InChI is InChI=1S/C26H25N5O4/c1-15-3-7-19(9-16(15)2)31-25-20(12-28-31)24(18-5-6-18)29-30(26(25)33)13-23(32)27-11-17-4-8-21-22(10-17)35-14-34-21/h3-4,7-10,12,18H,5-6,11,13-14H2,1-2H3,(H,27,32). The Morgan fingerprint density at radius 2 is 1.91 bits per heavy atom. The van der Waals surface area contributed by atoms with Crippen LogP contribution in [0.3, 0.4) is 0 Å². The van der Waals surface area contributed by atoms with Crippen LogP contribution in [-0.4, -0.2) is 32.3 Å². The van der Waals surface area contributed by atoms with Gasteiger partial charge in [-0.25, -0.2) is 9.36 Å². The van der Waals surface area contributed by atoms with Gasteiger partial charge < -0.3 is 14.8 Å². The first-order chi connectivity index (χ1) is 17.0. The molecule has 2 aromatic carbocycles. The third kappa shape index (κ3) is 3.92. The van der Waals surface area contributed by atoms with Crippen LogP contribution in [-0.2, 0) is 17.9 Å². The highest BCUT2D eigenvalue weighted by atomic mass is 16.7. The Morgan fingerprint density at radius 3 is 2.71 bits per heavy atom. The number of nitrogens with zero attached hydrogens (tertiary/aromatic N) is 4. The van der Waals surface area contributed by atoms with Crippen LogP contribution in [0, 0.1) is 13.8 Å². The zero-order chi connectivity index (χ0) is 24.1. The van der Waals surface area contributed by atoms with E-state index < -0.39 is 0 Å². The number of hydrogen-bond donors (Lipinski definition) is 1. The molecule has 1 fully saturated rings. The van der Waals surface area contributed by atoms with Crippen molar-refractivity contribution in [3.05, 3.63) is 75.3 Å². The van der Waals surface area contributed by atoms with E-state index in [1.54, 1.807) is 10.9 Å². The summed E-state index contributed by atoms with van der Waals surface area (Å²) in [6.45, 7) is 4.42. The summed E-state index contributed by atoms with van der Waals surface area (Å²) in [7, 11) is 0. The van der Waals surface area contributed by atoms with Crippen molar-refractivity contribution in [1.82, 2.24) is 24.9 Å². The fraction of sp³-hybridized carbons (Fsp3) is 0.308. The van der Waals surface area contributed by atoms with Crippen LogP contribution >= 0.6 is 0 Å². The third-order valence-corrected chi connectivity index (χ3v) is 6.63. The van der Waals surface area contributed by atoms with E-state index >= 15 is 0 Å². The summed E-state index contributed by atoms with van der Waals surface area (Å²) in [4.78, 5) is 26.3. The molecule has 0 unspecified atom stereocenters. The van der Waals surface area contributed by atoms with Crippen LogP contribution in [0.25, 0.3) is 16.6 Å². The van der Waals surface area contributed by atoms with E-state index in [1.165, 1.54) is 10.2 Å². The Morgan fingerprint density at radius 1 is 1.09 bits per heavy atom. The number of aryl methyl sites for hydroxylation is 2. The monoisotopic (exact) mass is 471 g/mol.